The van der Waals surface area contributed by atoms with Crippen LogP contribution in [0.2, 0.25) is 0 Å². The van der Waals surface area contributed by atoms with E-state index < -0.39 is 5.97 Å². The standard InChI is InChI=1S/C16H14I2O5S2/c1-9-4-3-5-11(6-9)8-21-15-10(2)12(22-24-17)7-13(23-25-18)14(15)16(19)20/h3-7H,8H2,1-2H3,(H,19,20). The molecule has 0 atom stereocenters. The molecule has 0 spiro atoms. The molecule has 0 radical (unpaired) electrons. The second kappa shape index (κ2) is 9.97. The Labute approximate surface area is 178 Å². The van der Waals surface area contributed by atoms with Gasteiger partial charge in [-0.2, -0.15) is 0 Å². The molecule has 134 valence electrons. The largest absolute Gasteiger partial charge is 0.487 e. The van der Waals surface area contributed by atoms with Crippen molar-refractivity contribution in [2.45, 2.75) is 20.5 Å². The van der Waals surface area contributed by atoms with E-state index >= 15 is 0 Å². The Balaban J connectivity index is 2.46. The van der Waals surface area contributed by atoms with Crippen molar-refractivity contribution >= 4 is 66.8 Å². The summed E-state index contributed by atoms with van der Waals surface area (Å²) in [6, 6.07) is 9.42. The van der Waals surface area contributed by atoms with E-state index in [0.29, 0.717) is 11.3 Å². The highest BCUT2D eigenvalue weighted by Crippen LogP contribution is 2.42. The first-order chi connectivity index (χ1) is 12.0. The summed E-state index contributed by atoms with van der Waals surface area (Å²) < 4.78 is 16.8. The molecule has 1 N–H and O–H groups in total. The number of aryl methyl sites for hydroxylation is 1. The number of hydrogen-bond donors (Lipinski definition) is 1. The van der Waals surface area contributed by atoms with Gasteiger partial charge in [0.25, 0.3) is 0 Å². The molecule has 2 aromatic rings. The minimum atomic E-state index is -1.11. The average Bonchev–Trinajstić information content (AvgIpc) is 2.56. The molecular formula is C16H14I2O5S2. The van der Waals surface area contributed by atoms with Gasteiger partial charge in [-0.3, -0.25) is 0 Å². The molecular weight excluding hydrogens is 590 g/mol. The summed E-state index contributed by atoms with van der Waals surface area (Å²) in [6.45, 7) is 4.01. The highest BCUT2D eigenvalue weighted by molar-refractivity contribution is 14.2. The maximum Gasteiger partial charge on any atom is 0.343 e. The fourth-order valence-electron chi connectivity index (χ4n) is 2.27. The number of carbonyl (C=O) groups is 1. The van der Waals surface area contributed by atoms with Gasteiger partial charge >= 0.3 is 5.97 Å². The quantitative estimate of drug-likeness (QED) is 0.279. The molecule has 0 aliphatic rings. The zero-order valence-electron chi connectivity index (χ0n) is 13.2. The van der Waals surface area contributed by atoms with Crippen LogP contribution in [0.25, 0.3) is 0 Å². The van der Waals surface area contributed by atoms with Gasteiger partial charge in [-0.05, 0) is 19.4 Å². The van der Waals surface area contributed by atoms with Crippen molar-refractivity contribution in [3.8, 4) is 17.2 Å². The predicted octanol–water partition coefficient (Wildman–Crippen LogP) is 6.33. The van der Waals surface area contributed by atoms with Gasteiger partial charge in [-0.25, -0.2) is 4.79 Å². The lowest BCUT2D eigenvalue weighted by Crippen LogP contribution is -2.08. The van der Waals surface area contributed by atoms with Crippen LogP contribution in [0.3, 0.4) is 0 Å². The summed E-state index contributed by atoms with van der Waals surface area (Å²) in [5.41, 5.74) is 2.66. The van der Waals surface area contributed by atoms with E-state index in [1.54, 1.807) is 13.0 Å². The maximum absolute atomic E-state index is 11.8. The topological polar surface area (TPSA) is 65.0 Å². The van der Waals surface area contributed by atoms with Crippen LogP contribution >= 0.6 is 60.8 Å². The van der Waals surface area contributed by atoms with Crippen molar-refractivity contribution < 1.29 is 23.0 Å². The Morgan fingerprint density at radius 2 is 1.80 bits per heavy atom. The third-order valence-corrected chi connectivity index (χ3v) is 4.93. The lowest BCUT2D eigenvalue weighted by Gasteiger charge is -2.17. The van der Waals surface area contributed by atoms with Crippen LogP contribution in [0.4, 0.5) is 0 Å². The number of carboxylic acids is 1. The first-order valence-electron chi connectivity index (χ1n) is 6.97. The molecule has 0 fully saturated rings. The van der Waals surface area contributed by atoms with Gasteiger partial charge in [0, 0.05) is 54.0 Å². The Morgan fingerprint density at radius 3 is 2.40 bits per heavy atom. The molecule has 0 saturated carbocycles. The first-order valence-corrected chi connectivity index (χ1v) is 13.5. The van der Waals surface area contributed by atoms with Crippen LogP contribution in [0.5, 0.6) is 17.2 Å². The number of halogens is 2. The lowest BCUT2D eigenvalue weighted by atomic mass is 10.1. The predicted molar refractivity (Wildman–Crippen MR) is 118 cm³/mol. The van der Waals surface area contributed by atoms with E-state index in [1.807, 2.05) is 73.6 Å². The van der Waals surface area contributed by atoms with Crippen molar-refractivity contribution in [1.82, 2.24) is 0 Å². The third kappa shape index (κ3) is 5.47. The minimum Gasteiger partial charge on any atom is -0.487 e. The Morgan fingerprint density at radius 1 is 1.12 bits per heavy atom. The molecule has 0 unspecified atom stereocenters. The van der Waals surface area contributed by atoms with E-state index in [2.05, 4.69) is 0 Å². The SMILES string of the molecule is Cc1cccc(COc2c(C)c(OSI)cc(OSI)c2C(=O)O)c1. The van der Waals surface area contributed by atoms with Crippen LogP contribution in [0, 0.1) is 13.8 Å². The summed E-state index contributed by atoms with van der Waals surface area (Å²) >= 11 is 3.93. The highest BCUT2D eigenvalue weighted by atomic mass is 127. The fourth-order valence-corrected chi connectivity index (χ4v) is 3.87. The third-order valence-electron chi connectivity index (χ3n) is 3.37. The summed E-state index contributed by atoms with van der Waals surface area (Å²) in [5, 5.41) is 9.64. The Kier molecular flexibility index (Phi) is 8.29. The fraction of sp³-hybridized carbons (Fsp3) is 0.188. The molecule has 0 saturated heterocycles. The first kappa shape index (κ1) is 20.8. The number of hydrogen-bond acceptors (Lipinski definition) is 6. The van der Waals surface area contributed by atoms with E-state index in [9.17, 15) is 9.90 Å². The molecule has 2 aromatic carbocycles. The molecule has 0 aliphatic carbocycles. The zero-order valence-corrected chi connectivity index (χ0v) is 19.2. The minimum absolute atomic E-state index is 0.0138. The average molecular weight is 604 g/mol. The van der Waals surface area contributed by atoms with Gasteiger partial charge in [0.05, 0.1) is 0 Å². The smallest absolute Gasteiger partial charge is 0.343 e. The zero-order chi connectivity index (χ0) is 18.4. The van der Waals surface area contributed by atoms with Crippen LogP contribution in [-0.2, 0) is 6.61 Å². The molecule has 0 heterocycles. The van der Waals surface area contributed by atoms with Crippen molar-refractivity contribution in [2.24, 2.45) is 0 Å². The van der Waals surface area contributed by atoms with Crippen LogP contribution < -0.4 is 13.1 Å². The van der Waals surface area contributed by atoms with Crippen LogP contribution in [-0.4, -0.2) is 11.1 Å². The highest BCUT2D eigenvalue weighted by Gasteiger charge is 2.25. The van der Waals surface area contributed by atoms with Crippen LogP contribution in [0.15, 0.2) is 30.3 Å². The van der Waals surface area contributed by atoms with Crippen molar-refractivity contribution in [2.75, 3.05) is 0 Å². The Bertz CT molecular complexity index is 770. The number of benzene rings is 2. The molecule has 0 amide bonds. The van der Waals surface area contributed by atoms with Gasteiger partial charge in [0.2, 0.25) is 0 Å². The van der Waals surface area contributed by atoms with Crippen LogP contribution in [0.1, 0.15) is 27.0 Å². The molecule has 5 nitrogen and oxygen atoms in total. The Hall–Kier alpha value is -0.530. The molecule has 25 heavy (non-hydrogen) atoms. The molecule has 2 rings (SSSR count). The number of ether oxygens (including phenoxy) is 1. The second-order valence-corrected chi connectivity index (χ2v) is 7.82. The van der Waals surface area contributed by atoms with Gasteiger partial charge in [-0.1, -0.05) is 29.8 Å². The molecule has 0 bridgehead atoms. The lowest BCUT2D eigenvalue weighted by molar-refractivity contribution is 0.0689. The summed E-state index contributed by atoms with van der Waals surface area (Å²) in [7, 11) is 2.17. The number of carboxylic acid groups (broad SMARTS) is 1. The van der Waals surface area contributed by atoms with Crippen molar-refractivity contribution in [3.63, 3.8) is 0 Å². The van der Waals surface area contributed by atoms with E-state index in [-0.39, 0.29) is 23.7 Å². The summed E-state index contributed by atoms with van der Waals surface area (Å²) in [4.78, 5) is 11.8. The molecule has 0 aromatic heterocycles. The number of aromatic carboxylic acids is 1. The summed E-state index contributed by atoms with van der Waals surface area (Å²) in [6.07, 6.45) is 0. The van der Waals surface area contributed by atoms with E-state index in [0.717, 1.165) is 29.6 Å². The van der Waals surface area contributed by atoms with Gasteiger partial charge < -0.3 is 18.2 Å². The van der Waals surface area contributed by atoms with Gasteiger partial charge in [0.1, 0.15) is 42.1 Å². The van der Waals surface area contributed by atoms with Gasteiger partial charge in [-0.15, -0.1) is 0 Å². The normalized spacial score (nSPS) is 10.4. The van der Waals surface area contributed by atoms with E-state index in [4.69, 9.17) is 13.1 Å². The second-order valence-electron chi connectivity index (χ2n) is 5.08. The van der Waals surface area contributed by atoms with Gasteiger partial charge in [0.15, 0.2) is 5.75 Å². The summed E-state index contributed by atoms with van der Waals surface area (Å²) in [5.74, 6) is -0.171. The van der Waals surface area contributed by atoms with E-state index in [1.165, 1.54) is 0 Å². The monoisotopic (exact) mass is 604 g/mol. The number of rotatable bonds is 8. The van der Waals surface area contributed by atoms with Crippen molar-refractivity contribution in [3.05, 3.63) is 52.6 Å². The maximum atomic E-state index is 11.8. The molecule has 0 aliphatic heterocycles. The van der Waals surface area contributed by atoms with Crippen molar-refractivity contribution in [1.29, 1.82) is 0 Å². The molecule has 9 heteroatoms.